The SMILES string of the molecule is C[C@H](C(=O)N(C)c1ccccc1)S(=O)(=O)Cc1c(Cl)cccc1Cl. The zero-order chi connectivity index (χ0) is 17.9. The summed E-state index contributed by atoms with van der Waals surface area (Å²) in [6.45, 7) is 1.38. The Morgan fingerprint density at radius 2 is 1.58 bits per heavy atom. The van der Waals surface area contributed by atoms with Gasteiger partial charge < -0.3 is 4.90 Å². The second kappa shape index (κ2) is 7.55. The lowest BCUT2D eigenvalue weighted by Crippen LogP contribution is -2.39. The van der Waals surface area contributed by atoms with E-state index in [9.17, 15) is 13.2 Å². The normalized spacial score (nSPS) is 12.7. The van der Waals surface area contributed by atoms with Crippen LogP contribution in [0.4, 0.5) is 5.69 Å². The van der Waals surface area contributed by atoms with Crippen molar-refractivity contribution in [3.63, 3.8) is 0 Å². The lowest BCUT2D eigenvalue weighted by Gasteiger charge is -2.22. The van der Waals surface area contributed by atoms with Crippen LogP contribution >= 0.6 is 23.2 Å². The number of hydrogen-bond acceptors (Lipinski definition) is 3. The molecular formula is C17H17Cl2NO3S. The zero-order valence-electron chi connectivity index (χ0n) is 13.2. The van der Waals surface area contributed by atoms with E-state index >= 15 is 0 Å². The Morgan fingerprint density at radius 3 is 2.12 bits per heavy atom. The highest BCUT2D eigenvalue weighted by Crippen LogP contribution is 2.28. The third-order valence-electron chi connectivity index (χ3n) is 3.77. The molecule has 0 aliphatic heterocycles. The van der Waals surface area contributed by atoms with Gasteiger partial charge in [-0.25, -0.2) is 8.42 Å². The minimum atomic E-state index is -3.77. The van der Waals surface area contributed by atoms with Crippen LogP contribution in [0.2, 0.25) is 10.0 Å². The van der Waals surface area contributed by atoms with Crippen molar-refractivity contribution < 1.29 is 13.2 Å². The average molecular weight is 386 g/mol. The first-order valence-electron chi connectivity index (χ1n) is 7.21. The van der Waals surface area contributed by atoms with Gasteiger partial charge in [-0.3, -0.25) is 4.79 Å². The van der Waals surface area contributed by atoms with Crippen LogP contribution in [0.25, 0.3) is 0 Å². The number of carbonyl (C=O) groups is 1. The predicted molar refractivity (Wildman–Crippen MR) is 98.4 cm³/mol. The van der Waals surface area contributed by atoms with Crippen LogP contribution in [0.1, 0.15) is 12.5 Å². The van der Waals surface area contributed by atoms with E-state index in [2.05, 4.69) is 0 Å². The number of sulfone groups is 1. The molecule has 0 saturated carbocycles. The number of hydrogen-bond donors (Lipinski definition) is 0. The minimum Gasteiger partial charge on any atom is -0.314 e. The van der Waals surface area contributed by atoms with Gasteiger partial charge in [0, 0.05) is 28.3 Å². The molecule has 0 spiro atoms. The first kappa shape index (κ1) is 18.8. The van der Waals surface area contributed by atoms with E-state index < -0.39 is 21.0 Å². The third kappa shape index (κ3) is 4.09. The summed E-state index contributed by atoms with van der Waals surface area (Å²) in [7, 11) is -2.22. The molecule has 0 heterocycles. The van der Waals surface area contributed by atoms with Gasteiger partial charge in [-0.15, -0.1) is 0 Å². The van der Waals surface area contributed by atoms with Gasteiger partial charge in [-0.2, -0.15) is 0 Å². The number of para-hydroxylation sites is 1. The summed E-state index contributed by atoms with van der Waals surface area (Å²) >= 11 is 12.1. The highest BCUT2D eigenvalue weighted by atomic mass is 35.5. The second-order valence-electron chi connectivity index (χ2n) is 5.38. The summed E-state index contributed by atoms with van der Waals surface area (Å²) in [5.74, 6) is -0.898. The average Bonchev–Trinajstić information content (AvgIpc) is 2.57. The van der Waals surface area contributed by atoms with Crippen LogP contribution in [0.5, 0.6) is 0 Å². The van der Waals surface area contributed by atoms with Crippen molar-refractivity contribution in [2.24, 2.45) is 0 Å². The molecule has 0 aliphatic rings. The summed E-state index contributed by atoms with van der Waals surface area (Å²) in [4.78, 5) is 13.9. The summed E-state index contributed by atoms with van der Waals surface area (Å²) in [6.07, 6.45) is 0. The van der Waals surface area contributed by atoms with Crippen LogP contribution in [0, 0.1) is 0 Å². The van der Waals surface area contributed by atoms with Gasteiger partial charge in [0.2, 0.25) is 5.91 Å². The van der Waals surface area contributed by atoms with Crippen molar-refractivity contribution in [2.45, 2.75) is 17.9 Å². The highest BCUT2D eigenvalue weighted by Gasteiger charge is 2.32. The number of nitrogens with zero attached hydrogens (tertiary/aromatic N) is 1. The summed E-state index contributed by atoms with van der Waals surface area (Å²) in [5.41, 5.74) is 0.933. The molecule has 0 radical (unpaired) electrons. The molecule has 24 heavy (non-hydrogen) atoms. The minimum absolute atomic E-state index is 0.266. The Kier molecular flexibility index (Phi) is 5.91. The van der Waals surface area contributed by atoms with Gasteiger partial charge in [0.1, 0.15) is 5.25 Å². The number of anilines is 1. The largest absolute Gasteiger partial charge is 0.314 e. The first-order valence-corrected chi connectivity index (χ1v) is 9.68. The summed E-state index contributed by atoms with van der Waals surface area (Å²) in [6, 6.07) is 13.6. The second-order valence-corrected chi connectivity index (χ2v) is 8.52. The first-order chi connectivity index (χ1) is 11.2. The quantitative estimate of drug-likeness (QED) is 0.782. The Morgan fingerprint density at radius 1 is 1.04 bits per heavy atom. The van der Waals surface area contributed by atoms with Crippen LogP contribution in [-0.4, -0.2) is 26.6 Å². The van der Waals surface area contributed by atoms with Gasteiger partial charge >= 0.3 is 0 Å². The molecule has 0 fully saturated rings. The highest BCUT2D eigenvalue weighted by molar-refractivity contribution is 7.92. The zero-order valence-corrected chi connectivity index (χ0v) is 15.6. The number of carbonyl (C=O) groups excluding carboxylic acids is 1. The molecule has 0 saturated heterocycles. The number of benzene rings is 2. The van der Waals surface area contributed by atoms with E-state index in [0.29, 0.717) is 11.3 Å². The van der Waals surface area contributed by atoms with Gasteiger partial charge in [-0.05, 0) is 31.2 Å². The Balaban J connectivity index is 2.24. The smallest absolute Gasteiger partial charge is 0.244 e. The maximum Gasteiger partial charge on any atom is 0.244 e. The van der Waals surface area contributed by atoms with E-state index in [4.69, 9.17) is 23.2 Å². The predicted octanol–water partition coefficient (Wildman–Crippen LogP) is 3.96. The fourth-order valence-electron chi connectivity index (χ4n) is 2.20. The maximum atomic E-state index is 12.6. The van der Waals surface area contributed by atoms with E-state index in [1.165, 1.54) is 11.8 Å². The summed E-state index contributed by atoms with van der Waals surface area (Å²) < 4.78 is 25.2. The molecule has 128 valence electrons. The van der Waals surface area contributed by atoms with Crippen LogP contribution < -0.4 is 4.90 Å². The molecule has 4 nitrogen and oxygen atoms in total. The monoisotopic (exact) mass is 385 g/mol. The summed E-state index contributed by atoms with van der Waals surface area (Å²) in [5, 5.41) is -0.681. The fraction of sp³-hybridized carbons (Fsp3) is 0.235. The van der Waals surface area contributed by atoms with Crippen molar-refractivity contribution in [3.05, 3.63) is 64.1 Å². The molecule has 1 amide bonds. The lowest BCUT2D eigenvalue weighted by molar-refractivity contribution is -0.117. The van der Waals surface area contributed by atoms with Gasteiger partial charge in [0.25, 0.3) is 0 Å². The molecule has 2 aromatic rings. The van der Waals surface area contributed by atoms with Crippen molar-refractivity contribution in [2.75, 3.05) is 11.9 Å². The third-order valence-corrected chi connectivity index (χ3v) is 6.45. The van der Waals surface area contributed by atoms with Crippen LogP contribution in [-0.2, 0) is 20.4 Å². The number of halogens is 2. The molecule has 1 atom stereocenters. The fourth-order valence-corrected chi connectivity index (χ4v) is 4.32. The van der Waals surface area contributed by atoms with Crippen molar-refractivity contribution in [1.82, 2.24) is 0 Å². The molecular weight excluding hydrogens is 369 g/mol. The Labute approximate surface area is 151 Å². The van der Waals surface area contributed by atoms with E-state index in [0.717, 1.165) is 0 Å². The Hall–Kier alpha value is -1.56. The molecule has 0 aliphatic carbocycles. The lowest BCUT2D eigenvalue weighted by atomic mass is 10.2. The molecule has 0 N–H and O–H groups in total. The molecule has 2 aromatic carbocycles. The molecule has 7 heteroatoms. The Bertz CT molecular complexity index is 818. The molecule has 0 unspecified atom stereocenters. The van der Waals surface area contributed by atoms with Crippen molar-refractivity contribution in [3.8, 4) is 0 Å². The topological polar surface area (TPSA) is 54.5 Å². The van der Waals surface area contributed by atoms with Crippen molar-refractivity contribution in [1.29, 1.82) is 0 Å². The van der Waals surface area contributed by atoms with Crippen molar-refractivity contribution >= 4 is 44.6 Å². The molecule has 0 bridgehead atoms. The van der Waals surface area contributed by atoms with E-state index in [1.807, 2.05) is 6.07 Å². The number of amides is 1. The van der Waals surface area contributed by atoms with E-state index in [1.54, 1.807) is 49.5 Å². The van der Waals surface area contributed by atoms with Gasteiger partial charge in [0.05, 0.1) is 5.75 Å². The van der Waals surface area contributed by atoms with Gasteiger partial charge in [0.15, 0.2) is 9.84 Å². The standard InChI is InChI=1S/C17H17Cl2NO3S/c1-12(17(21)20(2)13-7-4-3-5-8-13)24(22,23)11-14-15(18)9-6-10-16(14)19/h3-10,12H,11H2,1-2H3/t12-/m1/s1. The molecule has 2 rings (SSSR count). The van der Waals surface area contributed by atoms with Crippen LogP contribution in [0.3, 0.4) is 0 Å². The molecule has 0 aromatic heterocycles. The van der Waals surface area contributed by atoms with Gasteiger partial charge in [-0.1, -0.05) is 47.5 Å². The number of rotatable bonds is 5. The van der Waals surface area contributed by atoms with Crippen LogP contribution in [0.15, 0.2) is 48.5 Å². The maximum absolute atomic E-state index is 12.6. The van der Waals surface area contributed by atoms with E-state index in [-0.39, 0.29) is 15.8 Å².